The zero-order chi connectivity index (χ0) is 12.1. The lowest BCUT2D eigenvalue weighted by molar-refractivity contribution is 0.269. The summed E-state index contributed by atoms with van der Waals surface area (Å²) in [7, 11) is 1.79. The van der Waals surface area contributed by atoms with E-state index in [1.807, 2.05) is 13.8 Å². The van der Waals surface area contributed by atoms with E-state index < -0.39 is 0 Å². The number of anilines is 2. The molecule has 90 valence electrons. The number of aliphatic hydroxyl groups excluding tert-OH is 1. The molecule has 1 heterocycles. The van der Waals surface area contributed by atoms with Gasteiger partial charge in [0.2, 0.25) is 17.2 Å². The number of likely N-dealkylation sites (N-methyl/N-ethyl adjacent to an activating group) is 1. The maximum absolute atomic E-state index is 9.05. The Morgan fingerprint density at radius 1 is 1.44 bits per heavy atom. The van der Waals surface area contributed by atoms with Crippen LogP contribution >= 0.6 is 11.6 Å². The van der Waals surface area contributed by atoms with Gasteiger partial charge in [-0.2, -0.15) is 15.0 Å². The highest BCUT2D eigenvalue weighted by Gasteiger charge is 2.13. The molecule has 0 radical (unpaired) electrons. The topological polar surface area (TPSA) is 74.2 Å². The summed E-state index contributed by atoms with van der Waals surface area (Å²) in [6.07, 6.45) is 0. The molecule has 0 bridgehead atoms. The summed E-state index contributed by atoms with van der Waals surface area (Å²) in [4.78, 5) is 13.9. The van der Waals surface area contributed by atoms with Crippen LogP contribution in [-0.4, -0.2) is 46.3 Å². The van der Waals surface area contributed by atoms with Crippen LogP contribution in [0.25, 0.3) is 0 Å². The van der Waals surface area contributed by atoms with E-state index in [0.29, 0.717) is 18.4 Å². The van der Waals surface area contributed by atoms with Crippen LogP contribution in [0.3, 0.4) is 0 Å². The van der Waals surface area contributed by atoms with Crippen molar-refractivity contribution in [2.45, 2.75) is 19.9 Å². The van der Waals surface area contributed by atoms with Crippen LogP contribution in [0, 0.1) is 0 Å². The number of aliphatic hydroxyl groups is 1. The Balaban J connectivity index is 2.94. The minimum absolute atomic E-state index is 0.0241. The molecular weight excluding hydrogens is 230 g/mol. The second kappa shape index (κ2) is 5.81. The Labute approximate surface area is 99.7 Å². The van der Waals surface area contributed by atoms with Gasteiger partial charge in [-0.05, 0) is 25.4 Å². The fourth-order valence-electron chi connectivity index (χ4n) is 1.05. The predicted octanol–water partition coefficient (Wildman–Crippen LogP) is 0.774. The van der Waals surface area contributed by atoms with Gasteiger partial charge in [-0.15, -0.1) is 0 Å². The van der Waals surface area contributed by atoms with Crippen molar-refractivity contribution in [3.8, 4) is 0 Å². The average molecular weight is 246 g/mol. The predicted molar refractivity (Wildman–Crippen MR) is 64.0 cm³/mol. The smallest absolute Gasteiger partial charge is 0.231 e. The molecule has 1 atom stereocenters. The lowest BCUT2D eigenvalue weighted by atomic mass is 10.3. The first kappa shape index (κ1) is 12.9. The zero-order valence-corrected chi connectivity index (χ0v) is 10.4. The minimum atomic E-state index is -0.0760. The summed E-state index contributed by atoms with van der Waals surface area (Å²) < 4.78 is 0. The van der Waals surface area contributed by atoms with Gasteiger partial charge in [-0.25, -0.2) is 0 Å². The minimum Gasteiger partial charge on any atom is -0.394 e. The lowest BCUT2D eigenvalue weighted by Gasteiger charge is -2.23. The van der Waals surface area contributed by atoms with E-state index in [4.69, 9.17) is 16.7 Å². The first-order chi connectivity index (χ1) is 7.58. The molecule has 0 fully saturated rings. The van der Waals surface area contributed by atoms with Crippen molar-refractivity contribution in [1.29, 1.82) is 0 Å². The fraction of sp³-hybridized carbons (Fsp3) is 0.667. The molecule has 0 amide bonds. The Morgan fingerprint density at radius 3 is 2.69 bits per heavy atom. The van der Waals surface area contributed by atoms with E-state index in [9.17, 15) is 0 Å². The molecule has 6 nitrogen and oxygen atoms in total. The van der Waals surface area contributed by atoms with Gasteiger partial charge in [0.25, 0.3) is 0 Å². The van der Waals surface area contributed by atoms with Gasteiger partial charge >= 0.3 is 0 Å². The Hall–Kier alpha value is -1.14. The maximum atomic E-state index is 9.05. The lowest BCUT2D eigenvalue weighted by Crippen LogP contribution is -2.33. The highest BCUT2D eigenvalue weighted by atomic mass is 35.5. The maximum Gasteiger partial charge on any atom is 0.231 e. The molecular formula is C9H16ClN5O. The number of hydrogen-bond acceptors (Lipinski definition) is 6. The Kier molecular flexibility index (Phi) is 4.70. The molecule has 1 aromatic heterocycles. The van der Waals surface area contributed by atoms with Gasteiger partial charge in [-0.1, -0.05) is 0 Å². The number of halogens is 1. The molecule has 1 rings (SSSR count). The standard InChI is InChI=1S/C9H16ClN5O/c1-4-11-8-12-7(10)13-9(14-8)15(3)6(2)5-16/h6,16H,4-5H2,1-3H3,(H,11,12,13,14). The molecule has 1 aromatic rings. The fourth-order valence-corrected chi connectivity index (χ4v) is 1.21. The monoisotopic (exact) mass is 245 g/mol. The molecule has 0 saturated heterocycles. The van der Waals surface area contributed by atoms with Gasteiger partial charge in [0.15, 0.2) is 0 Å². The molecule has 0 aromatic carbocycles. The van der Waals surface area contributed by atoms with Crippen molar-refractivity contribution < 1.29 is 5.11 Å². The van der Waals surface area contributed by atoms with E-state index >= 15 is 0 Å². The van der Waals surface area contributed by atoms with E-state index in [1.165, 1.54) is 0 Å². The number of nitrogens with zero attached hydrogens (tertiary/aromatic N) is 4. The van der Waals surface area contributed by atoms with Gasteiger partial charge in [0, 0.05) is 13.6 Å². The van der Waals surface area contributed by atoms with Crippen LogP contribution in [0.15, 0.2) is 0 Å². The first-order valence-electron chi connectivity index (χ1n) is 5.07. The van der Waals surface area contributed by atoms with Crippen molar-refractivity contribution >= 4 is 23.5 Å². The SMILES string of the molecule is CCNc1nc(Cl)nc(N(C)C(C)CO)n1. The van der Waals surface area contributed by atoms with Crippen LogP contribution in [0.5, 0.6) is 0 Å². The summed E-state index contributed by atoms with van der Waals surface area (Å²) in [5.74, 6) is 0.881. The first-order valence-corrected chi connectivity index (χ1v) is 5.45. The van der Waals surface area contributed by atoms with Gasteiger partial charge in [0.05, 0.1) is 12.6 Å². The van der Waals surface area contributed by atoms with E-state index in [1.54, 1.807) is 11.9 Å². The number of hydrogen-bond donors (Lipinski definition) is 2. The molecule has 0 saturated carbocycles. The van der Waals surface area contributed by atoms with Crippen molar-refractivity contribution in [3.05, 3.63) is 5.28 Å². The van der Waals surface area contributed by atoms with Gasteiger partial charge < -0.3 is 15.3 Å². The van der Waals surface area contributed by atoms with Crippen LogP contribution in [-0.2, 0) is 0 Å². The highest BCUT2D eigenvalue weighted by molar-refractivity contribution is 6.28. The largest absolute Gasteiger partial charge is 0.394 e. The molecule has 0 spiro atoms. The number of aromatic nitrogens is 3. The Morgan fingerprint density at radius 2 is 2.12 bits per heavy atom. The molecule has 1 unspecified atom stereocenters. The third kappa shape index (κ3) is 3.18. The van der Waals surface area contributed by atoms with E-state index in [-0.39, 0.29) is 17.9 Å². The van der Waals surface area contributed by atoms with Crippen molar-refractivity contribution in [2.75, 3.05) is 30.4 Å². The van der Waals surface area contributed by atoms with Gasteiger partial charge in [-0.3, -0.25) is 0 Å². The molecule has 2 N–H and O–H groups in total. The average Bonchev–Trinajstić information content (AvgIpc) is 2.26. The van der Waals surface area contributed by atoms with Crippen LogP contribution in [0.2, 0.25) is 5.28 Å². The summed E-state index contributed by atoms with van der Waals surface area (Å²) >= 11 is 5.79. The second-order valence-electron chi connectivity index (χ2n) is 3.40. The molecule has 7 heteroatoms. The van der Waals surface area contributed by atoms with Crippen molar-refractivity contribution in [3.63, 3.8) is 0 Å². The quantitative estimate of drug-likeness (QED) is 0.799. The summed E-state index contributed by atoms with van der Waals surface area (Å²) in [6.45, 7) is 4.54. The Bertz CT molecular complexity index is 349. The summed E-state index contributed by atoms with van der Waals surface area (Å²) in [6, 6.07) is -0.0760. The molecule has 0 aliphatic carbocycles. The van der Waals surface area contributed by atoms with E-state index in [2.05, 4.69) is 20.3 Å². The highest BCUT2D eigenvalue weighted by Crippen LogP contribution is 2.14. The van der Waals surface area contributed by atoms with Crippen LogP contribution < -0.4 is 10.2 Å². The second-order valence-corrected chi connectivity index (χ2v) is 3.74. The third-order valence-electron chi connectivity index (χ3n) is 2.17. The zero-order valence-electron chi connectivity index (χ0n) is 9.61. The molecule has 0 aliphatic heterocycles. The summed E-state index contributed by atoms with van der Waals surface area (Å²) in [5, 5.41) is 12.1. The van der Waals surface area contributed by atoms with Gasteiger partial charge in [0.1, 0.15) is 0 Å². The number of rotatable bonds is 5. The van der Waals surface area contributed by atoms with Crippen LogP contribution in [0.4, 0.5) is 11.9 Å². The number of nitrogens with one attached hydrogen (secondary N) is 1. The third-order valence-corrected chi connectivity index (χ3v) is 2.34. The van der Waals surface area contributed by atoms with Crippen molar-refractivity contribution in [1.82, 2.24) is 15.0 Å². The van der Waals surface area contributed by atoms with Crippen LogP contribution in [0.1, 0.15) is 13.8 Å². The molecule has 16 heavy (non-hydrogen) atoms. The molecule has 0 aliphatic rings. The summed E-state index contributed by atoms with van der Waals surface area (Å²) in [5.41, 5.74) is 0. The normalized spacial score (nSPS) is 12.3. The van der Waals surface area contributed by atoms with E-state index in [0.717, 1.165) is 0 Å². The van der Waals surface area contributed by atoms with Crippen molar-refractivity contribution in [2.24, 2.45) is 0 Å².